The molecule has 2 rings (SSSR count). The summed E-state index contributed by atoms with van der Waals surface area (Å²) in [7, 11) is 0. The van der Waals surface area contributed by atoms with Gasteiger partial charge in [0.25, 0.3) is 0 Å². The molecule has 0 aromatic carbocycles. The largest absolute Gasteiger partial charge is 0.0770 e. The number of allylic oxidation sites excluding steroid dienone is 8. The predicted molar refractivity (Wildman–Crippen MR) is 48.3 cm³/mol. The van der Waals surface area contributed by atoms with Gasteiger partial charge in [-0.2, -0.15) is 0 Å². The Balaban J connectivity index is 2.38. The highest BCUT2D eigenvalue weighted by Crippen LogP contribution is 2.25. The van der Waals surface area contributed by atoms with Gasteiger partial charge in [0, 0.05) is 0 Å². The summed E-state index contributed by atoms with van der Waals surface area (Å²) < 4.78 is 0. The summed E-state index contributed by atoms with van der Waals surface area (Å²) in [5.41, 5.74) is 2.93. The first-order chi connectivity index (χ1) is 5.47. The predicted octanol–water partition coefficient (Wildman–Crippen LogP) is 3.15. The highest BCUT2D eigenvalue weighted by Gasteiger charge is 2.06. The van der Waals surface area contributed by atoms with Gasteiger partial charge in [-0.1, -0.05) is 36.5 Å². The fraction of sp³-hybridized carbons (Fsp3) is 0.273. The molecule has 0 aromatic rings. The summed E-state index contributed by atoms with van der Waals surface area (Å²) >= 11 is 0. The van der Waals surface area contributed by atoms with Crippen molar-refractivity contribution >= 4 is 0 Å². The van der Waals surface area contributed by atoms with Crippen LogP contribution in [-0.4, -0.2) is 0 Å². The molecule has 0 bridgehead atoms. The van der Waals surface area contributed by atoms with Gasteiger partial charge in [-0.3, -0.25) is 0 Å². The lowest BCUT2D eigenvalue weighted by Gasteiger charge is -2.12. The Bertz CT molecular complexity index is 262. The van der Waals surface area contributed by atoms with Crippen LogP contribution in [0, 0.1) is 0 Å². The van der Waals surface area contributed by atoms with E-state index in [4.69, 9.17) is 0 Å². The minimum Gasteiger partial charge on any atom is -0.0770 e. The zero-order chi connectivity index (χ0) is 7.52. The molecule has 2 aliphatic carbocycles. The van der Waals surface area contributed by atoms with Gasteiger partial charge in [-0.15, -0.1) is 0 Å². The molecule has 0 fully saturated rings. The van der Waals surface area contributed by atoms with Crippen molar-refractivity contribution in [2.24, 2.45) is 0 Å². The normalized spacial score (nSPS) is 21.8. The van der Waals surface area contributed by atoms with Gasteiger partial charge in [0.15, 0.2) is 0 Å². The van der Waals surface area contributed by atoms with E-state index in [9.17, 15) is 0 Å². The molecule has 0 unspecified atom stereocenters. The second-order valence-corrected chi connectivity index (χ2v) is 2.99. The smallest absolute Gasteiger partial charge is 0.0265 e. The van der Waals surface area contributed by atoms with E-state index in [1.165, 1.54) is 30.4 Å². The first-order valence-corrected chi connectivity index (χ1v) is 4.21. The zero-order valence-corrected chi connectivity index (χ0v) is 6.59. The van der Waals surface area contributed by atoms with Crippen molar-refractivity contribution in [3.05, 3.63) is 47.6 Å². The molecular weight excluding hydrogens is 132 g/mol. The zero-order valence-electron chi connectivity index (χ0n) is 6.59. The first kappa shape index (κ1) is 6.66. The lowest BCUT2D eigenvalue weighted by Crippen LogP contribution is -1.92. The molecular formula is C11H12. The quantitative estimate of drug-likeness (QED) is 0.490. The van der Waals surface area contributed by atoms with Gasteiger partial charge in [0.05, 0.1) is 0 Å². The van der Waals surface area contributed by atoms with Crippen molar-refractivity contribution in [2.75, 3.05) is 0 Å². The van der Waals surface area contributed by atoms with E-state index in [1.807, 2.05) is 0 Å². The van der Waals surface area contributed by atoms with E-state index in [2.05, 4.69) is 36.5 Å². The Morgan fingerprint density at radius 2 is 2.09 bits per heavy atom. The average Bonchev–Trinajstić information content (AvgIpc) is 2.28. The maximum atomic E-state index is 2.33. The summed E-state index contributed by atoms with van der Waals surface area (Å²) in [5, 5.41) is 0. The Hall–Kier alpha value is -1.04. The number of hydrogen-bond acceptors (Lipinski definition) is 0. The van der Waals surface area contributed by atoms with Crippen molar-refractivity contribution in [1.82, 2.24) is 0 Å². The molecule has 2 aliphatic rings. The molecule has 0 aromatic heterocycles. The van der Waals surface area contributed by atoms with E-state index in [0.29, 0.717) is 0 Å². The summed E-state index contributed by atoms with van der Waals surface area (Å²) in [6, 6.07) is 0. The van der Waals surface area contributed by atoms with Crippen molar-refractivity contribution in [3.63, 3.8) is 0 Å². The molecule has 0 saturated carbocycles. The third kappa shape index (κ3) is 1.35. The summed E-state index contributed by atoms with van der Waals surface area (Å²) in [6.45, 7) is 0. The van der Waals surface area contributed by atoms with Crippen LogP contribution in [0.4, 0.5) is 0 Å². The van der Waals surface area contributed by atoms with Gasteiger partial charge in [-0.25, -0.2) is 0 Å². The topological polar surface area (TPSA) is 0 Å². The maximum absolute atomic E-state index is 2.33. The molecule has 0 amide bonds. The van der Waals surface area contributed by atoms with E-state index in [0.717, 1.165) is 0 Å². The lowest BCUT2D eigenvalue weighted by atomic mass is 9.93. The fourth-order valence-corrected chi connectivity index (χ4v) is 1.58. The lowest BCUT2D eigenvalue weighted by molar-refractivity contribution is 0.809. The SMILES string of the molecule is C1=CC=C2CCCC=C2C=C1. The highest BCUT2D eigenvalue weighted by molar-refractivity contribution is 5.46. The molecule has 0 N–H and O–H groups in total. The molecule has 0 radical (unpaired) electrons. The van der Waals surface area contributed by atoms with Gasteiger partial charge < -0.3 is 0 Å². The molecule has 0 nitrogen and oxygen atoms in total. The van der Waals surface area contributed by atoms with Crippen LogP contribution in [-0.2, 0) is 0 Å². The third-order valence-corrected chi connectivity index (χ3v) is 2.18. The Labute approximate surface area is 67.6 Å². The van der Waals surface area contributed by atoms with Crippen molar-refractivity contribution < 1.29 is 0 Å². The number of rotatable bonds is 0. The maximum Gasteiger partial charge on any atom is -0.0265 e. The standard InChI is InChI=1S/C11H12/c1-2-6-10-8-4-5-9-11(10)7-3-1/h1-3,6-8H,4-5,9H2. The van der Waals surface area contributed by atoms with E-state index < -0.39 is 0 Å². The van der Waals surface area contributed by atoms with E-state index in [-0.39, 0.29) is 0 Å². The molecule has 0 heterocycles. The minimum absolute atomic E-state index is 1.25. The van der Waals surface area contributed by atoms with Crippen LogP contribution in [0.5, 0.6) is 0 Å². The second-order valence-electron chi connectivity index (χ2n) is 2.99. The second kappa shape index (κ2) is 2.91. The van der Waals surface area contributed by atoms with Gasteiger partial charge >= 0.3 is 0 Å². The molecule has 0 heteroatoms. The van der Waals surface area contributed by atoms with Crippen LogP contribution in [0.2, 0.25) is 0 Å². The summed E-state index contributed by atoms with van der Waals surface area (Å²) in [4.78, 5) is 0. The van der Waals surface area contributed by atoms with E-state index >= 15 is 0 Å². The van der Waals surface area contributed by atoms with Crippen LogP contribution in [0.1, 0.15) is 19.3 Å². The molecule has 0 saturated heterocycles. The molecule has 0 aliphatic heterocycles. The minimum atomic E-state index is 1.25. The van der Waals surface area contributed by atoms with Crippen LogP contribution in [0.25, 0.3) is 0 Å². The van der Waals surface area contributed by atoms with Crippen LogP contribution in [0.3, 0.4) is 0 Å². The first-order valence-electron chi connectivity index (χ1n) is 4.21. The molecule has 11 heavy (non-hydrogen) atoms. The Kier molecular flexibility index (Phi) is 1.76. The number of hydrogen-bond donors (Lipinski definition) is 0. The monoisotopic (exact) mass is 144 g/mol. The number of fused-ring (bicyclic) bond motifs is 1. The summed E-state index contributed by atoms with van der Waals surface area (Å²) in [6.07, 6.45) is 16.9. The van der Waals surface area contributed by atoms with Crippen molar-refractivity contribution in [3.8, 4) is 0 Å². The Morgan fingerprint density at radius 1 is 1.09 bits per heavy atom. The van der Waals surface area contributed by atoms with E-state index in [1.54, 1.807) is 0 Å². The van der Waals surface area contributed by atoms with Crippen LogP contribution in [0.15, 0.2) is 47.6 Å². The van der Waals surface area contributed by atoms with Gasteiger partial charge in [0.2, 0.25) is 0 Å². The molecule has 56 valence electrons. The van der Waals surface area contributed by atoms with Gasteiger partial charge in [0.1, 0.15) is 0 Å². The summed E-state index contributed by atoms with van der Waals surface area (Å²) in [5.74, 6) is 0. The van der Waals surface area contributed by atoms with Crippen molar-refractivity contribution in [1.29, 1.82) is 0 Å². The Morgan fingerprint density at radius 3 is 3.09 bits per heavy atom. The van der Waals surface area contributed by atoms with Crippen LogP contribution >= 0.6 is 0 Å². The molecule has 0 atom stereocenters. The fourth-order valence-electron chi connectivity index (χ4n) is 1.58. The highest BCUT2D eigenvalue weighted by atomic mass is 14.1. The average molecular weight is 144 g/mol. The third-order valence-electron chi connectivity index (χ3n) is 2.18. The van der Waals surface area contributed by atoms with Gasteiger partial charge in [-0.05, 0) is 30.4 Å². The van der Waals surface area contributed by atoms with Crippen molar-refractivity contribution in [2.45, 2.75) is 19.3 Å². The molecule has 0 spiro atoms. The van der Waals surface area contributed by atoms with Crippen LogP contribution < -0.4 is 0 Å².